The van der Waals surface area contributed by atoms with Gasteiger partial charge in [0.05, 0.1) is 29.0 Å². The Morgan fingerprint density at radius 1 is 1.12 bits per heavy atom. The van der Waals surface area contributed by atoms with Gasteiger partial charge in [-0.2, -0.15) is 0 Å². The van der Waals surface area contributed by atoms with Gasteiger partial charge < -0.3 is 14.8 Å². The van der Waals surface area contributed by atoms with E-state index in [0.717, 1.165) is 12.8 Å². The molecule has 10 heteroatoms. The minimum absolute atomic E-state index is 0. The predicted molar refractivity (Wildman–Crippen MR) is 125 cm³/mol. The van der Waals surface area contributed by atoms with E-state index >= 15 is 0 Å². The first-order chi connectivity index (χ1) is 15.2. The van der Waals surface area contributed by atoms with Crippen LogP contribution in [0.25, 0.3) is 0 Å². The van der Waals surface area contributed by atoms with Crippen LogP contribution in [0.2, 0.25) is 0 Å². The Bertz CT molecular complexity index is 714. The molecule has 0 bridgehead atoms. The largest absolute Gasteiger partial charge is 1.00 e. The number of ketones is 1. The molecular formula is C23H42N2NaO6S+. The average molecular weight is 498 g/mol. The third-order valence-electron chi connectivity index (χ3n) is 5.92. The Labute approximate surface area is 222 Å². The van der Waals surface area contributed by atoms with Gasteiger partial charge >= 0.3 is 29.6 Å². The molecule has 1 aliphatic heterocycles. The van der Waals surface area contributed by atoms with Crippen molar-refractivity contribution in [2.45, 2.75) is 83.7 Å². The van der Waals surface area contributed by atoms with Crippen molar-refractivity contribution in [3.05, 3.63) is 12.2 Å². The fourth-order valence-corrected chi connectivity index (χ4v) is 4.87. The van der Waals surface area contributed by atoms with Crippen LogP contribution in [0.3, 0.4) is 0 Å². The van der Waals surface area contributed by atoms with Crippen molar-refractivity contribution in [3.63, 3.8) is 0 Å². The van der Waals surface area contributed by atoms with E-state index in [1.165, 1.54) is 51.4 Å². The third kappa shape index (κ3) is 14.1. The molecule has 2 atom stereocenters. The van der Waals surface area contributed by atoms with Crippen LogP contribution in [0.15, 0.2) is 17.1 Å². The molecule has 0 aromatic heterocycles. The minimum Gasteiger partial charge on any atom is -0.748 e. The summed E-state index contributed by atoms with van der Waals surface area (Å²) in [6.07, 6.45) is 14.9. The van der Waals surface area contributed by atoms with Crippen molar-refractivity contribution in [3.8, 4) is 0 Å². The summed E-state index contributed by atoms with van der Waals surface area (Å²) in [5, 5.41) is 19.5. The molecule has 8 nitrogen and oxygen atoms in total. The number of aliphatic imine (C=N–C) groups is 1. The Morgan fingerprint density at radius 2 is 1.73 bits per heavy atom. The second-order valence-corrected chi connectivity index (χ2v) is 10.2. The zero-order valence-electron chi connectivity index (χ0n) is 20.6. The van der Waals surface area contributed by atoms with E-state index in [2.05, 4.69) is 11.9 Å². The number of quaternary nitrogens is 1. The Kier molecular flexibility index (Phi) is 18.1. The van der Waals surface area contributed by atoms with Gasteiger partial charge in [-0.25, -0.2) is 13.4 Å². The number of aliphatic hydroxyl groups is 2. The number of aliphatic hydroxyl groups excluding tert-OH is 2. The van der Waals surface area contributed by atoms with Gasteiger partial charge in [-0.3, -0.25) is 9.28 Å². The molecule has 0 saturated carbocycles. The standard InChI is InChI=1S/C23H42N2O6S.Na/c1-2-3-4-5-6-7-8-9-10-11-12-13-14-22(28)23-24-15-16-25(23,17-18-26)19-21(27)20-32(29,30)31;/h12-13,21,26-27H,2-11,14-20H2,1H3;/q;+1/b13-12+;. The fourth-order valence-electron chi connectivity index (χ4n) is 4.30. The van der Waals surface area contributed by atoms with Crippen molar-refractivity contribution in [2.24, 2.45) is 4.99 Å². The number of nitrogens with zero attached hydrogens (tertiary/aromatic N) is 2. The minimum atomic E-state index is -4.59. The molecule has 0 saturated heterocycles. The molecule has 1 rings (SSSR count). The summed E-state index contributed by atoms with van der Waals surface area (Å²) >= 11 is 0. The Balaban J connectivity index is 0.0000102. The number of rotatable bonds is 19. The molecule has 2 N–H and O–H groups in total. The quantitative estimate of drug-likeness (QED) is 0.0819. The first-order valence-corrected chi connectivity index (χ1v) is 13.6. The van der Waals surface area contributed by atoms with Crippen molar-refractivity contribution in [1.29, 1.82) is 0 Å². The van der Waals surface area contributed by atoms with E-state index in [-0.39, 0.29) is 71.8 Å². The smallest absolute Gasteiger partial charge is 0.748 e. The summed E-state index contributed by atoms with van der Waals surface area (Å²) in [5.74, 6) is -0.871. The molecule has 0 fully saturated rings. The van der Waals surface area contributed by atoms with Crippen LogP contribution in [0.1, 0.15) is 77.6 Å². The molecule has 0 aliphatic carbocycles. The summed E-state index contributed by atoms with van der Waals surface area (Å²) in [7, 11) is -4.59. The fraction of sp³-hybridized carbons (Fsp3) is 0.826. The second kappa shape index (κ2) is 18.2. The summed E-state index contributed by atoms with van der Waals surface area (Å²) in [5.41, 5.74) is 0. The average Bonchev–Trinajstić information content (AvgIpc) is 3.10. The number of amidine groups is 1. The molecule has 0 aromatic carbocycles. The van der Waals surface area contributed by atoms with Gasteiger partial charge in [0, 0.05) is 6.42 Å². The summed E-state index contributed by atoms with van der Waals surface area (Å²) < 4.78 is 32.8. The van der Waals surface area contributed by atoms with Crippen LogP contribution in [0.5, 0.6) is 0 Å². The van der Waals surface area contributed by atoms with Gasteiger partial charge in [0.25, 0.3) is 5.84 Å². The van der Waals surface area contributed by atoms with E-state index in [0.29, 0.717) is 13.1 Å². The van der Waals surface area contributed by atoms with Crippen LogP contribution in [0, 0.1) is 0 Å². The number of Topliss-reactive ketones (excluding diaryl/α,β-unsaturated/α-hetero) is 1. The molecule has 2 unspecified atom stereocenters. The van der Waals surface area contributed by atoms with Crippen LogP contribution >= 0.6 is 0 Å². The zero-order valence-corrected chi connectivity index (χ0v) is 23.4. The molecule has 1 heterocycles. The maximum atomic E-state index is 12.7. The maximum absolute atomic E-state index is 12.7. The molecule has 1 aliphatic rings. The number of hydrogen-bond donors (Lipinski definition) is 2. The summed E-state index contributed by atoms with van der Waals surface area (Å²) in [6, 6.07) is 0. The van der Waals surface area contributed by atoms with E-state index in [4.69, 9.17) is 0 Å². The van der Waals surface area contributed by atoms with Gasteiger partial charge in [0.1, 0.15) is 25.7 Å². The van der Waals surface area contributed by atoms with Crippen LogP contribution in [0.4, 0.5) is 0 Å². The third-order valence-corrected chi connectivity index (χ3v) is 6.71. The molecule has 0 amide bonds. The number of hydrogen-bond acceptors (Lipinski definition) is 7. The Morgan fingerprint density at radius 3 is 2.30 bits per heavy atom. The molecule has 33 heavy (non-hydrogen) atoms. The van der Waals surface area contributed by atoms with E-state index in [9.17, 15) is 28.0 Å². The van der Waals surface area contributed by atoms with Gasteiger partial charge in [-0.15, -0.1) is 0 Å². The first-order valence-electron chi connectivity index (χ1n) is 12.1. The summed E-state index contributed by atoms with van der Waals surface area (Å²) in [4.78, 5) is 17.0. The first kappa shape index (κ1) is 32.9. The van der Waals surface area contributed by atoms with Gasteiger partial charge in [-0.1, -0.05) is 70.4 Å². The number of allylic oxidation sites excluding steroid dienone is 2. The normalized spacial score (nSPS) is 19.5. The molecule has 0 spiro atoms. The number of carbonyl (C=O) groups is 1. The number of unbranched alkanes of at least 4 members (excludes halogenated alkanes) is 9. The second-order valence-electron chi connectivity index (χ2n) is 8.80. The van der Waals surface area contributed by atoms with Crippen molar-refractivity contribution < 1.29 is 62.0 Å². The van der Waals surface area contributed by atoms with Gasteiger partial charge in [0.2, 0.25) is 5.78 Å². The van der Waals surface area contributed by atoms with Crippen LogP contribution < -0.4 is 29.6 Å². The van der Waals surface area contributed by atoms with Crippen molar-refractivity contribution >= 4 is 21.7 Å². The predicted octanol–water partition coefficient (Wildman–Crippen LogP) is -0.446. The SMILES string of the molecule is CCCCCCCCCCC/C=C/CC(=O)C1=NCC[N+]1(CCO)CC(O)CS(=O)(=O)[O-].[Na+]. The molecule has 0 aromatic rings. The maximum Gasteiger partial charge on any atom is 1.00 e. The van der Waals surface area contributed by atoms with E-state index < -0.39 is 22.0 Å². The van der Waals surface area contributed by atoms with Crippen molar-refractivity contribution in [1.82, 2.24) is 0 Å². The monoisotopic (exact) mass is 497 g/mol. The van der Waals surface area contributed by atoms with E-state index in [1.54, 1.807) is 0 Å². The number of carbonyl (C=O) groups excluding carboxylic acids is 1. The van der Waals surface area contributed by atoms with Crippen molar-refractivity contribution in [2.75, 3.05) is 38.5 Å². The Hall–Kier alpha value is -0.130. The topological polar surface area (TPSA) is 127 Å². The van der Waals surface area contributed by atoms with E-state index in [1.807, 2.05) is 12.2 Å². The molecule has 186 valence electrons. The zero-order chi connectivity index (χ0) is 23.9. The molecule has 0 radical (unpaired) electrons. The van der Waals surface area contributed by atoms with Gasteiger partial charge in [0.15, 0.2) is 0 Å². The molecular weight excluding hydrogens is 455 g/mol. The van der Waals surface area contributed by atoms with Gasteiger partial charge in [-0.05, 0) is 12.8 Å². The summed E-state index contributed by atoms with van der Waals surface area (Å²) in [6.45, 7) is 2.75. The van der Waals surface area contributed by atoms with Crippen LogP contribution in [-0.2, 0) is 14.9 Å². The van der Waals surface area contributed by atoms with Crippen LogP contribution in [-0.4, -0.2) is 83.9 Å².